The van der Waals surface area contributed by atoms with E-state index in [0.717, 1.165) is 22.9 Å². The minimum atomic E-state index is 0.267. The average Bonchev–Trinajstić information content (AvgIpc) is 2.95. The first-order valence-corrected chi connectivity index (χ1v) is 7.60. The Morgan fingerprint density at radius 3 is 2.50 bits per heavy atom. The predicted molar refractivity (Wildman–Crippen MR) is 92.9 cm³/mol. The summed E-state index contributed by atoms with van der Waals surface area (Å²) < 4.78 is 10.6. The molecule has 0 radical (unpaired) electrons. The van der Waals surface area contributed by atoms with E-state index in [2.05, 4.69) is 36.6 Å². The van der Waals surface area contributed by atoms with Crippen molar-refractivity contribution in [3.63, 3.8) is 0 Å². The third-order valence-electron chi connectivity index (χ3n) is 3.44. The molecule has 0 saturated carbocycles. The van der Waals surface area contributed by atoms with E-state index in [4.69, 9.17) is 21.7 Å². The first-order valence-electron chi connectivity index (χ1n) is 7.19. The lowest BCUT2D eigenvalue weighted by Crippen LogP contribution is -2.19. The van der Waals surface area contributed by atoms with Gasteiger partial charge in [-0.1, -0.05) is 26.0 Å². The van der Waals surface area contributed by atoms with Crippen molar-refractivity contribution in [3.8, 4) is 11.5 Å². The van der Waals surface area contributed by atoms with E-state index in [1.54, 1.807) is 0 Å². The Bertz CT molecular complexity index is 701. The Morgan fingerprint density at radius 1 is 1.00 bits per heavy atom. The number of hydrogen-bond donors (Lipinski definition) is 2. The number of anilines is 2. The normalized spacial score (nSPS) is 12.3. The zero-order valence-corrected chi connectivity index (χ0v) is 13.4. The van der Waals surface area contributed by atoms with Crippen LogP contribution in [0.2, 0.25) is 0 Å². The van der Waals surface area contributed by atoms with Crippen molar-refractivity contribution >= 4 is 28.7 Å². The van der Waals surface area contributed by atoms with Gasteiger partial charge in [0.15, 0.2) is 16.6 Å². The lowest BCUT2D eigenvalue weighted by Gasteiger charge is -2.13. The van der Waals surface area contributed by atoms with Crippen molar-refractivity contribution in [2.75, 3.05) is 17.4 Å². The lowest BCUT2D eigenvalue weighted by molar-refractivity contribution is 0.174. The SMILES string of the molecule is CC(C)c1cccc(NC(=S)Nc2ccc3c(c2)OCO3)c1. The fourth-order valence-electron chi connectivity index (χ4n) is 2.24. The molecule has 1 aliphatic heterocycles. The molecule has 0 bridgehead atoms. The van der Waals surface area contributed by atoms with Gasteiger partial charge in [0.1, 0.15) is 0 Å². The number of benzene rings is 2. The monoisotopic (exact) mass is 314 g/mol. The molecule has 2 aromatic rings. The van der Waals surface area contributed by atoms with Gasteiger partial charge in [-0.25, -0.2) is 0 Å². The van der Waals surface area contributed by atoms with Gasteiger partial charge in [-0.15, -0.1) is 0 Å². The molecule has 0 aliphatic carbocycles. The summed E-state index contributed by atoms with van der Waals surface area (Å²) in [7, 11) is 0. The molecule has 0 amide bonds. The third kappa shape index (κ3) is 3.31. The molecule has 1 heterocycles. The standard InChI is InChI=1S/C17H18N2O2S/c1-11(2)12-4-3-5-13(8-12)18-17(22)19-14-6-7-15-16(9-14)21-10-20-15/h3-9,11H,10H2,1-2H3,(H2,18,19,22). The molecule has 0 aromatic heterocycles. The minimum absolute atomic E-state index is 0.267. The van der Waals surface area contributed by atoms with Gasteiger partial charge in [0, 0.05) is 17.4 Å². The third-order valence-corrected chi connectivity index (χ3v) is 3.65. The van der Waals surface area contributed by atoms with Crippen molar-refractivity contribution < 1.29 is 9.47 Å². The summed E-state index contributed by atoms with van der Waals surface area (Å²) in [5.41, 5.74) is 3.11. The smallest absolute Gasteiger partial charge is 0.231 e. The summed E-state index contributed by atoms with van der Waals surface area (Å²) >= 11 is 5.36. The van der Waals surface area contributed by atoms with Gasteiger partial charge in [-0.2, -0.15) is 0 Å². The molecule has 4 nitrogen and oxygen atoms in total. The number of nitrogens with one attached hydrogen (secondary N) is 2. The van der Waals surface area contributed by atoms with Crippen molar-refractivity contribution in [2.24, 2.45) is 0 Å². The van der Waals surface area contributed by atoms with Crippen LogP contribution in [0.25, 0.3) is 0 Å². The number of thiocarbonyl (C=S) groups is 1. The molecule has 1 aliphatic rings. The number of fused-ring (bicyclic) bond motifs is 1. The van der Waals surface area contributed by atoms with Gasteiger partial charge in [0.05, 0.1) is 0 Å². The average molecular weight is 314 g/mol. The van der Waals surface area contributed by atoms with Gasteiger partial charge in [0.2, 0.25) is 6.79 Å². The van der Waals surface area contributed by atoms with E-state index in [1.807, 2.05) is 30.3 Å². The van der Waals surface area contributed by atoms with Crippen LogP contribution in [0.5, 0.6) is 11.5 Å². The zero-order chi connectivity index (χ0) is 15.5. The molecule has 0 atom stereocenters. The van der Waals surface area contributed by atoms with Crippen LogP contribution in [-0.2, 0) is 0 Å². The molecule has 2 aromatic carbocycles. The highest BCUT2D eigenvalue weighted by molar-refractivity contribution is 7.80. The van der Waals surface area contributed by atoms with Crippen LogP contribution in [-0.4, -0.2) is 11.9 Å². The van der Waals surface area contributed by atoms with Crippen LogP contribution < -0.4 is 20.1 Å². The summed E-state index contributed by atoms with van der Waals surface area (Å²) in [5, 5.41) is 6.90. The molecule has 5 heteroatoms. The summed E-state index contributed by atoms with van der Waals surface area (Å²) in [6.07, 6.45) is 0. The first kappa shape index (κ1) is 14.7. The van der Waals surface area contributed by atoms with Gasteiger partial charge in [-0.3, -0.25) is 0 Å². The van der Waals surface area contributed by atoms with E-state index in [0.29, 0.717) is 11.0 Å². The fourth-order valence-corrected chi connectivity index (χ4v) is 2.48. The fraction of sp³-hybridized carbons (Fsp3) is 0.235. The van der Waals surface area contributed by atoms with Crippen LogP contribution in [0.15, 0.2) is 42.5 Å². The second kappa shape index (κ2) is 6.23. The van der Waals surface area contributed by atoms with Crippen molar-refractivity contribution in [1.29, 1.82) is 0 Å². The quantitative estimate of drug-likeness (QED) is 0.825. The van der Waals surface area contributed by atoms with E-state index in [-0.39, 0.29) is 6.79 Å². The van der Waals surface area contributed by atoms with Crippen LogP contribution in [0, 0.1) is 0 Å². The van der Waals surface area contributed by atoms with Gasteiger partial charge in [-0.05, 0) is 48.0 Å². The number of ether oxygens (including phenoxy) is 2. The summed E-state index contributed by atoms with van der Waals surface area (Å²) in [6.45, 7) is 4.61. The molecular weight excluding hydrogens is 296 g/mol. The molecule has 0 unspecified atom stereocenters. The maximum absolute atomic E-state index is 5.36. The van der Waals surface area contributed by atoms with E-state index >= 15 is 0 Å². The van der Waals surface area contributed by atoms with E-state index in [9.17, 15) is 0 Å². The highest BCUT2D eigenvalue weighted by Gasteiger charge is 2.13. The van der Waals surface area contributed by atoms with E-state index < -0.39 is 0 Å². The summed E-state index contributed by atoms with van der Waals surface area (Å²) in [6, 6.07) is 13.9. The van der Waals surface area contributed by atoms with Crippen LogP contribution >= 0.6 is 12.2 Å². The highest BCUT2D eigenvalue weighted by Crippen LogP contribution is 2.34. The molecular formula is C17H18N2O2S. The first-order chi connectivity index (χ1) is 10.6. The number of hydrogen-bond acceptors (Lipinski definition) is 3. The molecule has 0 fully saturated rings. The zero-order valence-electron chi connectivity index (χ0n) is 12.6. The second-order valence-corrected chi connectivity index (χ2v) is 5.84. The topological polar surface area (TPSA) is 42.5 Å². The predicted octanol–water partition coefficient (Wildman–Crippen LogP) is 4.35. The molecule has 0 saturated heterocycles. The Hall–Kier alpha value is -2.27. The molecule has 22 heavy (non-hydrogen) atoms. The minimum Gasteiger partial charge on any atom is -0.454 e. The maximum atomic E-state index is 5.36. The summed E-state index contributed by atoms with van der Waals surface area (Å²) in [4.78, 5) is 0. The Labute approximate surface area is 135 Å². The van der Waals surface area contributed by atoms with Crippen molar-refractivity contribution in [1.82, 2.24) is 0 Å². The number of rotatable bonds is 3. The maximum Gasteiger partial charge on any atom is 0.231 e. The van der Waals surface area contributed by atoms with Crippen molar-refractivity contribution in [3.05, 3.63) is 48.0 Å². The molecule has 2 N–H and O–H groups in total. The van der Waals surface area contributed by atoms with Gasteiger partial charge in [0.25, 0.3) is 0 Å². The summed E-state index contributed by atoms with van der Waals surface area (Å²) in [5.74, 6) is 1.97. The van der Waals surface area contributed by atoms with Crippen LogP contribution in [0.3, 0.4) is 0 Å². The van der Waals surface area contributed by atoms with Crippen LogP contribution in [0.1, 0.15) is 25.3 Å². The van der Waals surface area contributed by atoms with E-state index in [1.165, 1.54) is 5.56 Å². The Kier molecular flexibility index (Phi) is 4.15. The largest absolute Gasteiger partial charge is 0.454 e. The lowest BCUT2D eigenvalue weighted by atomic mass is 10.0. The van der Waals surface area contributed by atoms with Gasteiger partial charge < -0.3 is 20.1 Å². The molecule has 3 rings (SSSR count). The Balaban J connectivity index is 1.66. The molecule has 114 valence electrons. The van der Waals surface area contributed by atoms with Gasteiger partial charge >= 0.3 is 0 Å². The second-order valence-electron chi connectivity index (χ2n) is 5.43. The van der Waals surface area contributed by atoms with Crippen LogP contribution in [0.4, 0.5) is 11.4 Å². The molecule has 0 spiro atoms. The van der Waals surface area contributed by atoms with Crippen molar-refractivity contribution in [2.45, 2.75) is 19.8 Å². The Morgan fingerprint density at radius 2 is 1.73 bits per heavy atom. The highest BCUT2D eigenvalue weighted by atomic mass is 32.1.